The van der Waals surface area contributed by atoms with Gasteiger partial charge in [-0.3, -0.25) is 0 Å². The van der Waals surface area contributed by atoms with Crippen molar-refractivity contribution in [1.29, 1.82) is 0 Å². The van der Waals surface area contributed by atoms with Gasteiger partial charge < -0.3 is 10.2 Å². The monoisotopic (exact) mass is 194 g/mol. The average molecular weight is 194 g/mol. The van der Waals surface area contributed by atoms with Gasteiger partial charge in [-0.15, -0.1) is 0 Å². The highest BCUT2D eigenvalue weighted by Crippen LogP contribution is 1.82. The minimum atomic E-state index is -1.01. The Morgan fingerprint density at radius 1 is 0.643 bits per heavy atom. The third kappa shape index (κ3) is 9.90. The van der Waals surface area contributed by atoms with Gasteiger partial charge in [-0.1, -0.05) is 36.5 Å². The van der Waals surface area contributed by atoms with Crippen LogP contribution in [-0.2, 0) is 9.59 Å². The van der Waals surface area contributed by atoms with Crippen LogP contribution in [0.2, 0.25) is 0 Å². The van der Waals surface area contributed by atoms with E-state index in [4.69, 9.17) is 10.2 Å². The van der Waals surface area contributed by atoms with E-state index in [-0.39, 0.29) is 0 Å². The molecule has 14 heavy (non-hydrogen) atoms. The van der Waals surface area contributed by atoms with Gasteiger partial charge in [0.05, 0.1) is 0 Å². The van der Waals surface area contributed by atoms with Gasteiger partial charge in [-0.2, -0.15) is 0 Å². The molecule has 0 saturated carbocycles. The van der Waals surface area contributed by atoms with Gasteiger partial charge in [-0.25, -0.2) is 9.59 Å². The van der Waals surface area contributed by atoms with Gasteiger partial charge in [0.15, 0.2) is 0 Å². The van der Waals surface area contributed by atoms with Crippen molar-refractivity contribution >= 4 is 11.9 Å². The van der Waals surface area contributed by atoms with E-state index < -0.39 is 11.9 Å². The molecule has 0 aromatic carbocycles. The van der Waals surface area contributed by atoms with Crippen LogP contribution in [0.3, 0.4) is 0 Å². The molecule has 0 rings (SSSR count). The summed E-state index contributed by atoms with van der Waals surface area (Å²) < 4.78 is 0. The summed E-state index contributed by atoms with van der Waals surface area (Å²) in [6.07, 6.45) is 11.0. The number of carbonyl (C=O) groups is 2. The summed E-state index contributed by atoms with van der Waals surface area (Å²) in [5.41, 5.74) is 0. The van der Waals surface area contributed by atoms with Gasteiger partial charge in [0.1, 0.15) is 0 Å². The van der Waals surface area contributed by atoms with Crippen LogP contribution in [0.15, 0.2) is 48.6 Å². The van der Waals surface area contributed by atoms with Crippen LogP contribution >= 0.6 is 0 Å². The third-order valence-corrected chi connectivity index (χ3v) is 1.03. The zero-order valence-corrected chi connectivity index (χ0v) is 7.33. The van der Waals surface area contributed by atoms with Crippen molar-refractivity contribution in [2.75, 3.05) is 0 Å². The van der Waals surface area contributed by atoms with E-state index in [9.17, 15) is 9.59 Å². The zero-order chi connectivity index (χ0) is 10.8. The smallest absolute Gasteiger partial charge is 0.328 e. The molecule has 0 atom stereocenters. The lowest BCUT2D eigenvalue weighted by molar-refractivity contribution is -0.132. The molecule has 4 nitrogen and oxygen atoms in total. The van der Waals surface area contributed by atoms with E-state index in [1.807, 2.05) is 0 Å². The first-order chi connectivity index (χ1) is 6.63. The van der Waals surface area contributed by atoms with Crippen LogP contribution in [-0.4, -0.2) is 22.2 Å². The van der Waals surface area contributed by atoms with E-state index in [1.54, 1.807) is 12.2 Å². The molecule has 0 saturated heterocycles. The lowest BCUT2D eigenvalue weighted by Gasteiger charge is -1.75. The predicted molar refractivity (Wildman–Crippen MR) is 51.8 cm³/mol. The number of rotatable bonds is 5. The molecule has 0 aliphatic heterocycles. The maximum absolute atomic E-state index is 9.99. The number of hydrogen-bond acceptors (Lipinski definition) is 2. The molecule has 4 heteroatoms. The third-order valence-electron chi connectivity index (χ3n) is 1.03. The molecule has 0 radical (unpaired) electrons. The molecule has 0 heterocycles. The Labute approximate surface area is 81.2 Å². The summed E-state index contributed by atoms with van der Waals surface area (Å²) in [5, 5.41) is 16.4. The maximum atomic E-state index is 9.99. The van der Waals surface area contributed by atoms with Crippen LogP contribution < -0.4 is 0 Å². The first kappa shape index (κ1) is 11.9. The normalized spacial score (nSPS) is 12.3. The highest BCUT2D eigenvalue weighted by atomic mass is 16.4. The molecule has 74 valence electrons. The Hall–Kier alpha value is -2.10. The van der Waals surface area contributed by atoms with E-state index in [0.29, 0.717) is 0 Å². The van der Waals surface area contributed by atoms with E-state index in [2.05, 4.69) is 0 Å². The van der Waals surface area contributed by atoms with Gasteiger partial charge in [0.2, 0.25) is 0 Å². The molecule has 0 amide bonds. The molecule has 0 bridgehead atoms. The molecule has 0 spiro atoms. The van der Waals surface area contributed by atoms with Crippen LogP contribution in [0.4, 0.5) is 0 Å². The quantitative estimate of drug-likeness (QED) is 0.512. The van der Waals surface area contributed by atoms with Crippen molar-refractivity contribution in [3.8, 4) is 0 Å². The summed E-state index contributed by atoms with van der Waals surface area (Å²) in [7, 11) is 0. The molecule has 0 aliphatic rings. The highest BCUT2D eigenvalue weighted by Gasteiger charge is 1.80. The fraction of sp³-hybridized carbons (Fsp3) is 0. The van der Waals surface area contributed by atoms with Gasteiger partial charge in [0, 0.05) is 12.2 Å². The van der Waals surface area contributed by atoms with Crippen molar-refractivity contribution < 1.29 is 19.8 Å². The van der Waals surface area contributed by atoms with Gasteiger partial charge >= 0.3 is 11.9 Å². The molecular formula is C10H10O4. The van der Waals surface area contributed by atoms with Crippen molar-refractivity contribution in [3.63, 3.8) is 0 Å². The maximum Gasteiger partial charge on any atom is 0.328 e. The first-order valence-corrected chi connectivity index (χ1v) is 3.77. The van der Waals surface area contributed by atoms with E-state index >= 15 is 0 Å². The second kappa shape index (κ2) is 7.54. The van der Waals surface area contributed by atoms with Crippen molar-refractivity contribution in [1.82, 2.24) is 0 Å². The van der Waals surface area contributed by atoms with Crippen molar-refractivity contribution in [3.05, 3.63) is 48.6 Å². The molecule has 0 fully saturated rings. The van der Waals surface area contributed by atoms with Crippen molar-refractivity contribution in [2.24, 2.45) is 0 Å². The average Bonchev–Trinajstić information content (AvgIpc) is 2.08. The summed E-state index contributed by atoms with van der Waals surface area (Å²) in [6, 6.07) is 0. The highest BCUT2D eigenvalue weighted by molar-refractivity contribution is 5.80. The molecule has 0 aromatic rings. The Morgan fingerprint density at radius 3 is 1.21 bits per heavy atom. The number of hydrogen-bond donors (Lipinski definition) is 2. The fourth-order valence-electron chi connectivity index (χ4n) is 0.532. The summed E-state index contributed by atoms with van der Waals surface area (Å²) in [4.78, 5) is 20.0. The number of aliphatic carboxylic acids is 2. The zero-order valence-electron chi connectivity index (χ0n) is 7.33. The summed E-state index contributed by atoms with van der Waals surface area (Å²) >= 11 is 0. The molecular weight excluding hydrogens is 184 g/mol. The topological polar surface area (TPSA) is 74.6 Å². The van der Waals surface area contributed by atoms with Crippen molar-refractivity contribution in [2.45, 2.75) is 0 Å². The first-order valence-electron chi connectivity index (χ1n) is 3.77. The Bertz CT molecular complexity index is 276. The second-order valence-electron chi connectivity index (χ2n) is 2.16. The minimum Gasteiger partial charge on any atom is -0.478 e. The molecule has 0 aromatic heterocycles. The fourth-order valence-corrected chi connectivity index (χ4v) is 0.532. The molecule has 0 unspecified atom stereocenters. The largest absolute Gasteiger partial charge is 0.478 e. The number of carboxylic acids is 2. The van der Waals surface area contributed by atoms with Crippen LogP contribution in [0.1, 0.15) is 0 Å². The van der Waals surface area contributed by atoms with E-state index in [0.717, 1.165) is 12.2 Å². The SMILES string of the molecule is O=C(O)\C=C/C=C\C=C\C=C/C(=O)O. The second-order valence-corrected chi connectivity index (χ2v) is 2.16. The van der Waals surface area contributed by atoms with Crippen LogP contribution in [0.25, 0.3) is 0 Å². The minimum absolute atomic E-state index is 0.997. The lowest BCUT2D eigenvalue weighted by Crippen LogP contribution is -1.84. The summed E-state index contributed by atoms with van der Waals surface area (Å²) in [6.45, 7) is 0. The number of allylic oxidation sites excluding steroid dienone is 6. The lowest BCUT2D eigenvalue weighted by atomic mass is 10.4. The Morgan fingerprint density at radius 2 is 0.929 bits per heavy atom. The Kier molecular flexibility index (Phi) is 6.41. The van der Waals surface area contributed by atoms with E-state index in [1.165, 1.54) is 24.3 Å². The predicted octanol–water partition coefficient (Wildman–Crippen LogP) is 1.38. The van der Waals surface area contributed by atoms with Crippen LogP contribution in [0, 0.1) is 0 Å². The van der Waals surface area contributed by atoms with Gasteiger partial charge in [-0.05, 0) is 0 Å². The number of carboxylic acid groups (broad SMARTS) is 2. The molecule has 2 N–H and O–H groups in total. The standard InChI is InChI=1S/C10H10O4/c11-9(12)7-5-3-1-2-4-6-8-10(13)14/h1-8H,(H,11,12)(H,13,14)/b3-1-,4-2+,7-5-,8-6-. The van der Waals surface area contributed by atoms with Crippen LogP contribution in [0.5, 0.6) is 0 Å². The summed E-state index contributed by atoms with van der Waals surface area (Å²) in [5.74, 6) is -2.02. The van der Waals surface area contributed by atoms with Gasteiger partial charge in [0.25, 0.3) is 0 Å². The Balaban J connectivity index is 3.82. The molecule has 0 aliphatic carbocycles.